The van der Waals surface area contributed by atoms with E-state index in [4.69, 9.17) is 5.73 Å². The van der Waals surface area contributed by atoms with Crippen molar-refractivity contribution in [2.24, 2.45) is 0 Å². The molecule has 1 aromatic heterocycles. The number of H-pyrrole nitrogens is 1. The van der Waals surface area contributed by atoms with Crippen LogP contribution in [-0.4, -0.2) is 59.7 Å². The molecule has 7 nitrogen and oxygen atoms in total. The molecule has 0 saturated heterocycles. The third-order valence-corrected chi connectivity index (χ3v) is 7.58. The molecule has 1 amide bonds. The molecule has 1 aliphatic rings. The Morgan fingerprint density at radius 2 is 1.90 bits per heavy atom. The molecule has 0 atom stereocenters. The number of anilines is 2. The van der Waals surface area contributed by atoms with Crippen molar-refractivity contribution < 1.29 is 18.4 Å². The minimum Gasteiger partial charge on any atom is -0.398 e. The highest BCUT2D eigenvalue weighted by Gasteiger charge is 2.27. The number of fused-ring (bicyclic) bond motifs is 1. The molecule has 212 valence electrons. The monoisotopic (exact) mass is 549 g/mol. The molecule has 0 unspecified atom stereocenters. The van der Waals surface area contributed by atoms with Crippen molar-refractivity contribution in [3.8, 4) is 0 Å². The molecule has 0 aliphatic carbocycles. The maximum atomic E-state index is 15.0. The van der Waals surface area contributed by atoms with Crippen molar-refractivity contribution >= 4 is 35.2 Å². The summed E-state index contributed by atoms with van der Waals surface area (Å²) in [4.78, 5) is 33.2. The average Bonchev–Trinajstić information content (AvgIpc) is 3.16. The quantitative estimate of drug-likeness (QED) is 0.172. The summed E-state index contributed by atoms with van der Waals surface area (Å²) in [5, 5.41) is 2.97. The van der Waals surface area contributed by atoms with Crippen molar-refractivity contribution in [2.75, 3.05) is 43.8 Å². The normalized spacial score (nSPS) is 13.9. The molecule has 2 aromatic carbocycles. The summed E-state index contributed by atoms with van der Waals surface area (Å²) in [5.41, 5.74) is 10.8. The van der Waals surface area contributed by atoms with Crippen LogP contribution in [-0.2, 0) is 17.8 Å². The number of aldehydes is 1. The van der Waals surface area contributed by atoms with Crippen molar-refractivity contribution in [1.82, 2.24) is 14.8 Å². The van der Waals surface area contributed by atoms with E-state index < -0.39 is 5.82 Å². The molecule has 2 heterocycles. The fourth-order valence-electron chi connectivity index (χ4n) is 5.13. The Morgan fingerprint density at radius 1 is 1.18 bits per heavy atom. The summed E-state index contributed by atoms with van der Waals surface area (Å²) >= 11 is 0. The number of benzene rings is 2. The molecular formula is C31H37F2N5O2. The second-order valence-corrected chi connectivity index (χ2v) is 10.1. The van der Waals surface area contributed by atoms with Gasteiger partial charge in [0.2, 0.25) is 0 Å². The predicted octanol–water partition coefficient (Wildman–Crippen LogP) is 5.27. The van der Waals surface area contributed by atoms with E-state index in [2.05, 4.69) is 29.0 Å². The van der Waals surface area contributed by atoms with Crippen LogP contribution in [0.1, 0.15) is 58.7 Å². The highest BCUT2D eigenvalue weighted by atomic mass is 19.1. The number of nitrogens with two attached hydrogens (primary N) is 1. The number of aromatic amines is 1. The first-order valence-electron chi connectivity index (χ1n) is 13.7. The lowest BCUT2D eigenvalue weighted by Crippen LogP contribution is -2.38. The molecule has 0 spiro atoms. The minimum atomic E-state index is -0.572. The van der Waals surface area contributed by atoms with Crippen LogP contribution >= 0.6 is 0 Å². The smallest absolute Gasteiger partial charge is 0.256 e. The van der Waals surface area contributed by atoms with Gasteiger partial charge in [-0.25, -0.2) is 8.78 Å². The van der Waals surface area contributed by atoms with Crippen LogP contribution in [0.5, 0.6) is 0 Å². The maximum absolute atomic E-state index is 15.0. The Balaban J connectivity index is 1.57. The van der Waals surface area contributed by atoms with Gasteiger partial charge in [0.05, 0.1) is 11.3 Å². The van der Waals surface area contributed by atoms with E-state index in [0.29, 0.717) is 30.6 Å². The summed E-state index contributed by atoms with van der Waals surface area (Å²) in [7, 11) is 0. The van der Waals surface area contributed by atoms with E-state index in [1.54, 1.807) is 18.2 Å². The number of nitrogens with one attached hydrogen (secondary N) is 2. The second kappa shape index (κ2) is 12.9. The van der Waals surface area contributed by atoms with Crippen LogP contribution in [0.3, 0.4) is 0 Å². The summed E-state index contributed by atoms with van der Waals surface area (Å²) < 4.78 is 28.2. The first-order valence-corrected chi connectivity index (χ1v) is 13.7. The molecule has 0 saturated carbocycles. The van der Waals surface area contributed by atoms with Gasteiger partial charge in [0.1, 0.15) is 11.6 Å². The standard InChI is InChI=1S/C31H37F2N5O2/c1-4-37(5-2)13-14-38-12-6-7-27-30(31(38)40)20(3)28(36-27)15-22(19-39)24-16-25(33)29(17-26(24)34)35-18-21-8-10-23(32)11-9-21/h8-11,15-17,19,35-36H,4-7,12-14,18,34H2,1-3H3/b22-15+. The number of rotatable bonds is 11. The number of carbonyl (C=O) groups is 2. The Hall–Kier alpha value is -3.98. The van der Waals surface area contributed by atoms with Gasteiger partial charge in [-0.05, 0) is 74.3 Å². The van der Waals surface area contributed by atoms with Gasteiger partial charge in [0.25, 0.3) is 5.91 Å². The number of likely N-dealkylation sites (N-methyl/N-ethyl adjacent to an activating group) is 1. The van der Waals surface area contributed by atoms with Crippen LogP contribution in [0.25, 0.3) is 11.6 Å². The van der Waals surface area contributed by atoms with Gasteiger partial charge in [-0.2, -0.15) is 0 Å². The number of allylic oxidation sites excluding steroid dienone is 1. The first kappa shape index (κ1) is 29.0. The number of aromatic nitrogens is 1. The van der Waals surface area contributed by atoms with Crippen LogP contribution in [0.4, 0.5) is 20.2 Å². The summed E-state index contributed by atoms with van der Waals surface area (Å²) in [6, 6.07) is 8.57. The molecular weight excluding hydrogens is 512 g/mol. The Kier molecular flexibility index (Phi) is 9.37. The van der Waals surface area contributed by atoms with Crippen LogP contribution in [0, 0.1) is 18.6 Å². The van der Waals surface area contributed by atoms with Crippen molar-refractivity contribution in [2.45, 2.75) is 40.2 Å². The van der Waals surface area contributed by atoms with Gasteiger partial charge in [-0.3, -0.25) is 9.59 Å². The Bertz CT molecular complexity index is 1390. The molecule has 0 bridgehead atoms. The number of hydrogen-bond donors (Lipinski definition) is 3. The zero-order valence-electron chi connectivity index (χ0n) is 23.3. The van der Waals surface area contributed by atoms with E-state index in [1.807, 2.05) is 11.8 Å². The number of carbonyl (C=O) groups excluding carboxylic acids is 2. The van der Waals surface area contributed by atoms with Gasteiger partial charge < -0.3 is 25.8 Å². The van der Waals surface area contributed by atoms with Crippen LogP contribution < -0.4 is 11.1 Å². The summed E-state index contributed by atoms with van der Waals surface area (Å²) in [6.45, 7) is 10.4. The second-order valence-electron chi connectivity index (χ2n) is 10.1. The lowest BCUT2D eigenvalue weighted by atomic mass is 10.0. The number of hydrogen-bond acceptors (Lipinski definition) is 5. The van der Waals surface area contributed by atoms with E-state index in [0.717, 1.165) is 49.3 Å². The fourth-order valence-corrected chi connectivity index (χ4v) is 5.13. The highest BCUT2D eigenvalue weighted by Crippen LogP contribution is 2.31. The zero-order valence-corrected chi connectivity index (χ0v) is 23.3. The molecule has 9 heteroatoms. The van der Waals surface area contributed by atoms with E-state index in [-0.39, 0.29) is 40.8 Å². The Morgan fingerprint density at radius 3 is 2.58 bits per heavy atom. The van der Waals surface area contributed by atoms with E-state index in [1.165, 1.54) is 24.3 Å². The van der Waals surface area contributed by atoms with Crippen LogP contribution in [0.2, 0.25) is 0 Å². The SMILES string of the molecule is CCN(CC)CCN1CCCc2[nH]c(/C=C(\C=O)c3cc(F)c(NCc4ccc(F)cc4)cc3N)c(C)c2C1=O. The molecule has 0 radical (unpaired) electrons. The molecule has 40 heavy (non-hydrogen) atoms. The Labute approximate surface area is 234 Å². The number of nitrogens with zero attached hydrogens (tertiary/aromatic N) is 2. The molecule has 4 rings (SSSR count). The number of nitrogen functional groups attached to an aromatic ring is 1. The van der Waals surface area contributed by atoms with Crippen molar-refractivity contribution in [3.05, 3.63) is 81.7 Å². The van der Waals surface area contributed by atoms with E-state index >= 15 is 4.39 Å². The first-order chi connectivity index (χ1) is 19.2. The largest absolute Gasteiger partial charge is 0.398 e. The van der Waals surface area contributed by atoms with Crippen molar-refractivity contribution in [1.29, 1.82) is 0 Å². The summed E-state index contributed by atoms with van der Waals surface area (Å²) in [5.74, 6) is -0.928. The molecule has 0 fully saturated rings. The predicted molar refractivity (Wildman–Crippen MR) is 156 cm³/mol. The highest BCUT2D eigenvalue weighted by molar-refractivity contribution is 6.15. The minimum absolute atomic E-state index is 0.0113. The lowest BCUT2D eigenvalue weighted by molar-refractivity contribution is -0.103. The third kappa shape index (κ3) is 6.42. The maximum Gasteiger partial charge on any atom is 0.256 e. The van der Waals surface area contributed by atoms with Crippen LogP contribution in [0.15, 0.2) is 36.4 Å². The average molecular weight is 550 g/mol. The molecule has 3 aromatic rings. The van der Waals surface area contributed by atoms with Gasteiger partial charge in [-0.15, -0.1) is 0 Å². The lowest BCUT2D eigenvalue weighted by Gasteiger charge is -2.25. The third-order valence-electron chi connectivity index (χ3n) is 7.58. The van der Waals surface area contributed by atoms with Gasteiger partial charge in [0, 0.05) is 54.4 Å². The topological polar surface area (TPSA) is 94.5 Å². The van der Waals surface area contributed by atoms with Crippen molar-refractivity contribution in [3.63, 3.8) is 0 Å². The van der Waals surface area contributed by atoms with Gasteiger partial charge >= 0.3 is 0 Å². The zero-order chi connectivity index (χ0) is 28.8. The molecule has 1 aliphatic heterocycles. The fraction of sp³-hybridized carbons (Fsp3) is 0.355. The number of aryl methyl sites for hydroxylation is 1. The summed E-state index contributed by atoms with van der Waals surface area (Å²) in [6.07, 6.45) is 3.83. The number of amides is 1. The van der Waals surface area contributed by atoms with Gasteiger partial charge in [0.15, 0.2) is 6.29 Å². The van der Waals surface area contributed by atoms with E-state index in [9.17, 15) is 14.0 Å². The number of halogens is 2. The van der Waals surface area contributed by atoms with Gasteiger partial charge in [-0.1, -0.05) is 26.0 Å². The molecule has 4 N–H and O–H groups in total.